The second-order valence-corrected chi connectivity index (χ2v) is 4.18. The van der Waals surface area contributed by atoms with Crippen LogP contribution in [0, 0.1) is 6.92 Å². The Hall–Kier alpha value is -1.62. The van der Waals surface area contributed by atoms with Gasteiger partial charge < -0.3 is 10.8 Å². The van der Waals surface area contributed by atoms with Gasteiger partial charge in [-0.05, 0) is 19.1 Å². The highest BCUT2D eigenvalue weighted by molar-refractivity contribution is 7.18. The molecule has 14 heavy (non-hydrogen) atoms. The molecule has 3 N–H and O–H groups in total. The van der Waals surface area contributed by atoms with Crippen LogP contribution in [0.3, 0.4) is 0 Å². The van der Waals surface area contributed by atoms with Gasteiger partial charge in [-0.1, -0.05) is 0 Å². The number of carboxylic acids is 1. The van der Waals surface area contributed by atoms with Crippen LogP contribution >= 0.6 is 11.3 Å². The third kappa shape index (κ3) is 1.31. The molecule has 0 saturated heterocycles. The monoisotopic (exact) mass is 208 g/mol. The highest BCUT2D eigenvalue weighted by Gasteiger charge is 2.11. The molecule has 0 spiro atoms. The van der Waals surface area contributed by atoms with Crippen molar-refractivity contribution in [1.82, 2.24) is 4.98 Å². The number of benzene rings is 1. The first-order valence-electron chi connectivity index (χ1n) is 3.98. The van der Waals surface area contributed by atoms with Crippen LogP contribution in [0.5, 0.6) is 0 Å². The van der Waals surface area contributed by atoms with Crippen molar-refractivity contribution in [2.24, 2.45) is 0 Å². The van der Waals surface area contributed by atoms with Crippen molar-refractivity contribution in [3.63, 3.8) is 0 Å². The van der Waals surface area contributed by atoms with Gasteiger partial charge in [0.15, 0.2) is 0 Å². The summed E-state index contributed by atoms with van der Waals surface area (Å²) in [5.41, 5.74) is 6.69. The summed E-state index contributed by atoms with van der Waals surface area (Å²) in [6, 6.07) is 3.17. The minimum absolute atomic E-state index is 0.114. The fourth-order valence-electron chi connectivity index (χ4n) is 1.29. The van der Waals surface area contributed by atoms with E-state index < -0.39 is 5.97 Å². The van der Waals surface area contributed by atoms with Crippen LogP contribution in [0.4, 0.5) is 5.69 Å². The van der Waals surface area contributed by atoms with E-state index in [9.17, 15) is 4.79 Å². The number of fused-ring (bicyclic) bond motifs is 1. The average molecular weight is 208 g/mol. The van der Waals surface area contributed by atoms with Gasteiger partial charge >= 0.3 is 5.97 Å². The maximum Gasteiger partial charge on any atom is 0.337 e. The van der Waals surface area contributed by atoms with Crippen LogP contribution in [0.2, 0.25) is 0 Å². The molecule has 0 aliphatic rings. The highest BCUT2D eigenvalue weighted by atomic mass is 32.1. The third-order valence-electron chi connectivity index (χ3n) is 1.90. The predicted molar refractivity (Wildman–Crippen MR) is 55.7 cm³/mol. The normalized spacial score (nSPS) is 10.6. The second-order valence-electron chi connectivity index (χ2n) is 2.95. The van der Waals surface area contributed by atoms with Gasteiger partial charge in [0.2, 0.25) is 0 Å². The lowest BCUT2D eigenvalue weighted by atomic mass is 10.2. The number of carbonyl (C=O) groups is 1. The van der Waals surface area contributed by atoms with Crippen molar-refractivity contribution in [2.45, 2.75) is 6.92 Å². The molecule has 1 aromatic heterocycles. The zero-order valence-corrected chi connectivity index (χ0v) is 8.26. The summed E-state index contributed by atoms with van der Waals surface area (Å²) in [4.78, 5) is 15.0. The van der Waals surface area contributed by atoms with Crippen molar-refractivity contribution in [1.29, 1.82) is 0 Å². The summed E-state index contributed by atoms with van der Waals surface area (Å²) in [5.74, 6) is -1.02. The van der Waals surface area contributed by atoms with E-state index in [4.69, 9.17) is 10.8 Å². The number of nitrogens with two attached hydrogens (primary N) is 1. The number of aromatic carboxylic acids is 1. The van der Waals surface area contributed by atoms with Gasteiger partial charge in [-0.15, -0.1) is 11.3 Å². The molecule has 4 nitrogen and oxygen atoms in total. The molecule has 72 valence electrons. The lowest BCUT2D eigenvalue weighted by Gasteiger charge is -1.98. The van der Waals surface area contributed by atoms with E-state index in [1.165, 1.54) is 17.4 Å². The first kappa shape index (κ1) is 8.96. The molecule has 0 atom stereocenters. The summed E-state index contributed by atoms with van der Waals surface area (Å²) >= 11 is 1.50. The molecule has 0 radical (unpaired) electrons. The number of rotatable bonds is 1. The second kappa shape index (κ2) is 2.95. The van der Waals surface area contributed by atoms with Crippen LogP contribution < -0.4 is 5.73 Å². The molecular formula is C9H8N2O2S. The van der Waals surface area contributed by atoms with Gasteiger partial charge in [0.05, 0.1) is 20.8 Å². The number of anilines is 1. The van der Waals surface area contributed by atoms with Gasteiger partial charge in [-0.3, -0.25) is 0 Å². The summed E-state index contributed by atoms with van der Waals surface area (Å²) in [6.07, 6.45) is 0. The van der Waals surface area contributed by atoms with Crippen molar-refractivity contribution in [3.05, 3.63) is 22.7 Å². The van der Waals surface area contributed by atoms with E-state index in [1.807, 2.05) is 6.92 Å². The maximum atomic E-state index is 10.8. The van der Waals surface area contributed by atoms with Crippen molar-refractivity contribution < 1.29 is 9.90 Å². The van der Waals surface area contributed by atoms with Crippen LogP contribution in [0.1, 0.15) is 15.4 Å². The van der Waals surface area contributed by atoms with Gasteiger partial charge in [0, 0.05) is 5.69 Å². The Morgan fingerprint density at radius 3 is 2.93 bits per heavy atom. The number of thiazole rings is 1. The van der Waals surface area contributed by atoms with E-state index >= 15 is 0 Å². The average Bonchev–Trinajstić information content (AvgIpc) is 2.42. The van der Waals surface area contributed by atoms with Crippen molar-refractivity contribution in [2.75, 3.05) is 5.73 Å². The Labute approximate surface area is 84.0 Å². The summed E-state index contributed by atoms with van der Waals surface area (Å²) in [5, 5.41) is 9.73. The number of aryl methyl sites for hydroxylation is 1. The SMILES string of the molecule is Cc1nc2cc(C(=O)O)c(N)cc2s1. The molecule has 0 saturated carbocycles. The van der Waals surface area contributed by atoms with E-state index in [0.29, 0.717) is 5.52 Å². The lowest BCUT2D eigenvalue weighted by Crippen LogP contribution is -2.01. The topological polar surface area (TPSA) is 76.2 Å². The quantitative estimate of drug-likeness (QED) is 0.701. The van der Waals surface area contributed by atoms with Crippen molar-refractivity contribution >= 4 is 33.2 Å². The third-order valence-corrected chi connectivity index (χ3v) is 2.83. The molecule has 2 aromatic rings. The number of nitrogens with zero attached hydrogens (tertiary/aromatic N) is 1. The Balaban J connectivity index is 2.76. The zero-order valence-electron chi connectivity index (χ0n) is 7.44. The van der Waals surface area contributed by atoms with Crippen LogP contribution in [0.15, 0.2) is 12.1 Å². The summed E-state index contributed by atoms with van der Waals surface area (Å²) < 4.78 is 0.921. The maximum absolute atomic E-state index is 10.8. The molecule has 1 heterocycles. The Kier molecular flexibility index (Phi) is 1.89. The summed E-state index contributed by atoms with van der Waals surface area (Å²) in [7, 11) is 0. The number of nitrogen functional groups attached to an aromatic ring is 1. The molecule has 0 fully saturated rings. The van der Waals surface area contributed by atoms with Crippen LogP contribution in [0.25, 0.3) is 10.2 Å². The Morgan fingerprint density at radius 2 is 2.29 bits per heavy atom. The summed E-state index contributed by atoms with van der Waals surface area (Å²) in [6.45, 7) is 1.88. The molecule has 0 aliphatic carbocycles. The smallest absolute Gasteiger partial charge is 0.337 e. The van der Waals surface area contributed by atoms with Crippen molar-refractivity contribution in [3.8, 4) is 0 Å². The van der Waals surface area contributed by atoms with E-state index in [-0.39, 0.29) is 11.3 Å². The number of hydrogen-bond donors (Lipinski definition) is 2. The molecule has 1 aromatic carbocycles. The molecular weight excluding hydrogens is 200 g/mol. The number of hydrogen-bond acceptors (Lipinski definition) is 4. The molecule has 0 bridgehead atoms. The highest BCUT2D eigenvalue weighted by Crippen LogP contribution is 2.26. The van der Waals surface area contributed by atoms with E-state index in [0.717, 1.165) is 9.71 Å². The minimum atomic E-state index is -1.02. The Morgan fingerprint density at radius 1 is 1.57 bits per heavy atom. The lowest BCUT2D eigenvalue weighted by molar-refractivity contribution is 0.0698. The molecule has 0 unspecified atom stereocenters. The number of aromatic nitrogens is 1. The van der Waals surface area contributed by atoms with E-state index in [1.54, 1.807) is 6.07 Å². The fourth-order valence-corrected chi connectivity index (χ4v) is 2.15. The van der Waals surface area contributed by atoms with Gasteiger partial charge in [-0.2, -0.15) is 0 Å². The minimum Gasteiger partial charge on any atom is -0.478 e. The molecule has 5 heteroatoms. The first-order chi connectivity index (χ1) is 6.58. The standard InChI is InChI=1S/C9H8N2O2S/c1-4-11-7-2-5(9(12)13)6(10)3-8(7)14-4/h2-3H,10H2,1H3,(H,12,13). The number of carboxylic acid groups (broad SMARTS) is 1. The molecule has 2 rings (SSSR count). The van der Waals surface area contributed by atoms with Gasteiger partial charge in [0.1, 0.15) is 0 Å². The van der Waals surface area contributed by atoms with Gasteiger partial charge in [-0.25, -0.2) is 9.78 Å². The van der Waals surface area contributed by atoms with Crippen LogP contribution in [-0.2, 0) is 0 Å². The zero-order chi connectivity index (χ0) is 10.3. The molecule has 0 aliphatic heterocycles. The van der Waals surface area contributed by atoms with Crippen LogP contribution in [-0.4, -0.2) is 16.1 Å². The fraction of sp³-hybridized carbons (Fsp3) is 0.111. The first-order valence-corrected chi connectivity index (χ1v) is 4.79. The van der Waals surface area contributed by atoms with Gasteiger partial charge in [0.25, 0.3) is 0 Å². The Bertz CT molecular complexity index is 519. The van der Waals surface area contributed by atoms with E-state index in [2.05, 4.69) is 4.98 Å². The predicted octanol–water partition coefficient (Wildman–Crippen LogP) is 1.89. The largest absolute Gasteiger partial charge is 0.478 e. The molecule has 0 amide bonds.